The van der Waals surface area contributed by atoms with Gasteiger partial charge in [-0.15, -0.1) is 0 Å². The van der Waals surface area contributed by atoms with E-state index < -0.39 is 11.6 Å². The number of aliphatic hydroxyl groups is 1. The van der Waals surface area contributed by atoms with Crippen LogP contribution in [0.1, 0.15) is 12.8 Å². The SMILES string of the molecule is O=C1NC(C(=O)NC2(CO)CCOCC2)CS1. The fraction of sp³-hybridized carbons (Fsp3) is 0.800. The highest BCUT2D eigenvalue weighted by molar-refractivity contribution is 8.14. The van der Waals surface area contributed by atoms with Crippen molar-refractivity contribution in [3.63, 3.8) is 0 Å². The Hall–Kier alpha value is -0.790. The first kappa shape index (κ1) is 12.7. The predicted molar refractivity (Wildman–Crippen MR) is 62.8 cm³/mol. The summed E-state index contributed by atoms with van der Waals surface area (Å²) in [4.78, 5) is 22.9. The number of aliphatic hydroxyl groups excluding tert-OH is 1. The standard InChI is InChI=1S/C10H16N2O4S/c13-6-10(1-3-16-4-2-10)12-8(14)7-5-17-9(15)11-7/h7,13H,1-6H2,(H,11,15)(H,12,14). The molecule has 2 aliphatic heterocycles. The second kappa shape index (κ2) is 5.24. The number of hydrogen-bond acceptors (Lipinski definition) is 5. The van der Waals surface area contributed by atoms with Gasteiger partial charge in [-0.05, 0) is 12.8 Å². The lowest BCUT2D eigenvalue weighted by molar-refractivity contribution is -0.126. The molecule has 2 rings (SSSR count). The van der Waals surface area contributed by atoms with Crippen LogP contribution in [0.2, 0.25) is 0 Å². The van der Waals surface area contributed by atoms with Crippen molar-refractivity contribution in [2.75, 3.05) is 25.6 Å². The summed E-state index contributed by atoms with van der Waals surface area (Å²) in [6, 6.07) is -0.487. The molecule has 7 heteroatoms. The maximum Gasteiger partial charge on any atom is 0.279 e. The molecule has 2 saturated heterocycles. The molecule has 0 aliphatic carbocycles. The van der Waals surface area contributed by atoms with Crippen molar-refractivity contribution in [3.8, 4) is 0 Å². The van der Waals surface area contributed by atoms with Gasteiger partial charge in [-0.3, -0.25) is 9.59 Å². The van der Waals surface area contributed by atoms with Crippen LogP contribution in [-0.4, -0.2) is 53.4 Å². The number of carbonyl (C=O) groups is 2. The zero-order valence-corrected chi connectivity index (χ0v) is 10.2. The molecular formula is C10H16N2O4S. The smallest absolute Gasteiger partial charge is 0.279 e. The van der Waals surface area contributed by atoms with Gasteiger partial charge in [0.2, 0.25) is 5.91 Å². The first-order valence-corrected chi connectivity index (χ1v) is 6.58. The Bertz CT molecular complexity index is 317. The highest BCUT2D eigenvalue weighted by Crippen LogP contribution is 2.21. The lowest BCUT2D eigenvalue weighted by Crippen LogP contribution is -2.58. The van der Waals surface area contributed by atoms with Crippen molar-refractivity contribution in [3.05, 3.63) is 0 Å². The lowest BCUT2D eigenvalue weighted by Gasteiger charge is -2.36. The van der Waals surface area contributed by atoms with Crippen LogP contribution in [0.4, 0.5) is 4.79 Å². The molecule has 2 fully saturated rings. The minimum absolute atomic E-state index is 0.101. The second-order valence-corrected chi connectivity index (χ2v) is 5.33. The third kappa shape index (κ3) is 2.91. The topological polar surface area (TPSA) is 87.7 Å². The number of amides is 2. The van der Waals surface area contributed by atoms with Crippen molar-refractivity contribution < 1.29 is 19.4 Å². The molecule has 2 amide bonds. The third-order valence-electron chi connectivity index (χ3n) is 3.13. The van der Waals surface area contributed by atoms with E-state index in [4.69, 9.17) is 4.74 Å². The lowest BCUT2D eigenvalue weighted by atomic mass is 9.90. The molecule has 1 unspecified atom stereocenters. The molecule has 0 spiro atoms. The van der Waals surface area contributed by atoms with Crippen molar-refractivity contribution in [2.24, 2.45) is 0 Å². The molecule has 96 valence electrons. The van der Waals surface area contributed by atoms with Crippen molar-refractivity contribution in [2.45, 2.75) is 24.4 Å². The molecule has 0 aromatic carbocycles. The van der Waals surface area contributed by atoms with Crippen molar-refractivity contribution in [1.82, 2.24) is 10.6 Å². The molecule has 0 aromatic rings. The molecule has 17 heavy (non-hydrogen) atoms. The molecule has 2 heterocycles. The Balaban J connectivity index is 1.93. The number of nitrogens with one attached hydrogen (secondary N) is 2. The summed E-state index contributed by atoms with van der Waals surface area (Å²) >= 11 is 1.10. The van der Waals surface area contributed by atoms with Gasteiger partial charge in [0.15, 0.2) is 0 Å². The first-order valence-electron chi connectivity index (χ1n) is 5.59. The van der Waals surface area contributed by atoms with Crippen molar-refractivity contribution in [1.29, 1.82) is 0 Å². The summed E-state index contributed by atoms with van der Waals surface area (Å²) in [6.07, 6.45) is 1.20. The number of carbonyl (C=O) groups excluding carboxylic acids is 2. The van der Waals surface area contributed by atoms with Gasteiger partial charge in [0.1, 0.15) is 6.04 Å². The van der Waals surface area contributed by atoms with Crippen LogP contribution in [-0.2, 0) is 9.53 Å². The summed E-state index contributed by atoms with van der Waals surface area (Å²) in [5, 5.41) is 14.7. The van der Waals surface area contributed by atoms with Gasteiger partial charge >= 0.3 is 0 Å². The Morgan fingerprint density at radius 3 is 2.82 bits per heavy atom. The van der Waals surface area contributed by atoms with Crippen LogP contribution >= 0.6 is 11.8 Å². The monoisotopic (exact) mass is 260 g/mol. The summed E-state index contributed by atoms with van der Waals surface area (Å²) in [5.74, 6) is 0.224. The van der Waals surface area contributed by atoms with E-state index in [1.807, 2.05) is 0 Å². The first-order chi connectivity index (χ1) is 8.15. The van der Waals surface area contributed by atoms with Gasteiger partial charge < -0.3 is 20.5 Å². The zero-order valence-electron chi connectivity index (χ0n) is 9.40. The van der Waals surface area contributed by atoms with Gasteiger partial charge in [0.25, 0.3) is 5.24 Å². The average Bonchev–Trinajstić information content (AvgIpc) is 2.77. The summed E-state index contributed by atoms with van der Waals surface area (Å²) < 4.78 is 5.21. The summed E-state index contributed by atoms with van der Waals surface area (Å²) in [5.41, 5.74) is -0.590. The highest BCUT2D eigenvalue weighted by Gasteiger charge is 2.37. The Kier molecular flexibility index (Phi) is 3.90. The average molecular weight is 260 g/mol. The molecule has 1 atom stereocenters. The molecular weight excluding hydrogens is 244 g/mol. The molecule has 6 nitrogen and oxygen atoms in total. The van der Waals surface area contributed by atoms with Crippen LogP contribution in [0.15, 0.2) is 0 Å². The van der Waals surface area contributed by atoms with Crippen LogP contribution in [0.5, 0.6) is 0 Å². The zero-order chi connectivity index (χ0) is 12.3. The summed E-state index contributed by atoms with van der Waals surface area (Å²) in [7, 11) is 0. The Labute approximate surface area is 103 Å². The number of ether oxygens (including phenoxy) is 1. The third-order valence-corrected chi connectivity index (χ3v) is 4.01. The Morgan fingerprint density at radius 1 is 1.59 bits per heavy atom. The minimum Gasteiger partial charge on any atom is -0.394 e. The van der Waals surface area contributed by atoms with E-state index in [1.165, 1.54) is 0 Å². The van der Waals surface area contributed by atoms with Gasteiger partial charge in [-0.25, -0.2) is 0 Å². The maximum absolute atomic E-state index is 11.9. The van der Waals surface area contributed by atoms with Gasteiger partial charge in [-0.1, -0.05) is 11.8 Å². The van der Waals surface area contributed by atoms with E-state index >= 15 is 0 Å². The molecule has 0 aromatic heterocycles. The van der Waals surface area contributed by atoms with E-state index in [0.29, 0.717) is 31.8 Å². The van der Waals surface area contributed by atoms with E-state index in [0.717, 1.165) is 11.8 Å². The van der Waals surface area contributed by atoms with Crippen LogP contribution < -0.4 is 10.6 Å². The van der Waals surface area contributed by atoms with Crippen LogP contribution in [0, 0.1) is 0 Å². The normalized spacial score (nSPS) is 27.6. The molecule has 0 radical (unpaired) electrons. The maximum atomic E-state index is 11.9. The molecule has 0 saturated carbocycles. The van der Waals surface area contributed by atoms with E-state index in [2.05, 4.69) is 10.6 Å². The highest BCUT2D eigenvalue weighted by atomic mass is 32.2. The van der Waals surface area contributed by atoms with E-state index in [1.54, 1.807) is 0 Å². The molecule has 0 bridgehead atoms. The fourth-order valence-electron chi connectivity index (χ4n) is 1.96. The fourth-order valence-corrected chi connectivity index (χ4v) is 2.74. The predicted octanol–water partition coefficient (Wildman–Crippen LogP) is -0.531. The summed E-state index contributed by atoms with van der Waals surface area (Å²) in [6.45, 7) is 0.967. The second-order valence-electron chi connectivity index (χ2n) is 4.34. The van der Waals surface area contributed by atoms with Crippen LogP contribution in [0.25, 0.3) is 0 Å². The Morgan fingerprint density at radius 2 is 2.29 bits per heavy atom. The van der Waals surface area contributed by atoms with E-state index in [-0.39, 0.29) is 17.8 Å². The van der Waals surface area contributed by atoms with Gasteiger partial charge in [0.05, 0.1) is 12.1 Å². The number of hydrogen-bond donors (Lipinski definition) is 3. The molecule has 3 N–H and O–H groups in total. The van der Waals surface area contributed by atoms with E-state index in [9.17, 15) is 14.7 Å². The van der Waals surface area contributed by atoms with Crippen LogP contribution in [0.3, 0.4) is 0 Å². The largest absolute Gasteiger partial charge is 0.394 e. The number of thioether (sulfide) groups is 1. The number of rotatable bonds is 3. The molecule has 2 aliphatic rings. The van der Waals surface area contributed by atoms with Gasteiger partial charge in [-0.2, -0.15) is 0 Å². The quantitative estimate of drug-likeness (QED) is 0.635. The van der Waals surface area contributed by atoms with Crippen molar-refractivity contribution >= 4 is 22.9 Å². The minimum atomic E-state index is -0.590. The van der Waals surface area contributed by atoms with Gasteiger partial charge in [0, 0.05) is 19.0 Å².